The fourth-order valence-corrected chi connectivity index (χ4v) is 3.70. The van der Waals surface area contributed by atoms with Gasteiger partial charge in [-0.2, -0.15) is 5.10 Å². The average Bonchev–Trinajstić information content (AvgIpc) is 3.24. The van der Waals surface area contributed by atoms with Gasteiger partial charge in [-0.3, -0.25) is 9.48 Å². The zero-order chi connectivity index (χ0) is 19.4. The summed E-state index contributed by atoms with van der Waals surface area (Å²) in [6.45, 7) is 4.16. The summed E-state index contributed by atoms with van der Waals surface area (Å²) in [5, 5.41) is 7.16. The zero-order valence-corrected chi connectivity index (χ0v) is 16.8. The van der Waals surface area contributed by atoms with Crippen LogP contribution in [-0.4, -0.2) is 27.8 Å². The summed E-state index contributed by atoms with van der Waals surface area (Å²) in [4.78, 5) is 16.6. The Balaban J connectivity index is 1.54. The number of thiazole rings is 1. The van der Waals surface area contributed by atoms with E-state index in [0.29, 0.717) is 12.8 Å². The molecule has 6 nitrogen and oxygen atoms in total. The summed E-state index contributed by atoms with van der Waals surface area (Å²) in [5.74, 6) is 0.560. The summed E-state index contributed by atoms with van der Waals surface area (Å²) in [7, 11) is 3.55. The van der Waals surface area contributed by atoms with Gasteiger partial charge in [0.2, 0.25) is 0 Å². The Morgan fingerprint density at radius 3 is 2.81 bits per heavy atom. The maximum absolute atomic E-state index is 12.1. The molecule has 0 amide bonds. The standard InChI is InChI=1S/C20H23N3O3S/c1-13-18(14(2)23(3)22-13)8-9-19(24)26-11-16-12-27-20(21-16)15-6-5-7-17(10-15)25-4/h5-7,10,12H,8-9,11H2,1-4H3. The van der Waals surface area contributed by atoms with Crippen LogP contribution in [0.4, 0.5) is 0 Å². The Kier molecular flexibility index (Phi) is 5.91. The Labute approximate surface area is 162 Å². The number of rotatable bonds is 7. The van der Waals surface area contributed by atoms with Crippen LogP contribution >= 0.6 is 11.3 Å². The van der Waals surface area contributed by atoms with E-state index in [1.165, 1.54) is 11.3 Å². The molecule has 0 atom stereocenters. The molecule has 2 aromatic heterocycles. The molecule has 2 heterocycles. The van der Waals surface area contributed by atoms with Crippen LogP contribution in [0.5, 0.6) is 5.75 Å². The second-order valence-electron chi connectivity index (χ2n) is 6.31. The summed E-state index contributed by atoms with van der Waals surface area (Å²) in [6.07, 6.45) is 0.969. The average molecular weight is 385 g/mol. The molecule has 3 aromatic rings. The van der Waals surface area contributed by atoms with Gasteiger partial charge < -0.3 is 9.47 Å². The molecule has 0 N–H and O–H groups in total. The van der Waals surface area contributed by atoms with Gasteiger partial charge in [0.1, 0.15) is 17.4 Å². The first kappa shape index (κ1) is 19.1. The minimum Gasteiger partial charge on any atom is -0.497 e. The number of benzene rings is 1. The van der Waals surface area contributed by atoms with Crippen molar-refractivity contribution in [1.29, 1.82) is 0 Å². The molecular weight excluding hydrogens is 362 g/mol. The molecule has 0 spiro atoms. The Bertz CT molecular complexity index is 946. The summed E-state index contributed by atoms with van der Waals surface area (Å²) >= 11 is 1.52. The van der Waals surface area contributed by atoms with E-state index < -0.39 is 0 Å². The minimum absolute atomic E-state index is 0.185. The van der Waals surface area contributed by atoms with Crippen molar-refractivity contribution < 1.29 is 14.3 Å². The Morgan fingerprint density at radius 2 is 2.11 bits per heavy atom. The first-order chi connectivity index (χ1) is 13.0. The van der Waals surface area contributed by atoms with E-state index in [-0.39, 0.29) is 12.6 Å². The molecule has 0 saturated heterocycles. The van der Waals surface area contributed by atoms with Crippen LogP contribution in [0.3, 0.4) is 0 Å². The molecule has 0 aliphatic rings. The molecule has 1 aromatic carbocycles. The zero-order valence-electron chi connectivity index (χ0n) is 16.0. The maximum Gasteiger partial charge on any atom is 0.306 e. The monoisotopic (exact) mass is 385 g/mol. The van der Waals surface area contributed by atoms with E-state index in [1.54, 1.807) is 7.11 Å². The first-order valence-corrected chi connectivity index (χ1v) is 9.59. The molecule has 142 valence electrons. The van der Waals surface area contributed by atoms with E-state index in [1.807, 2.05) is 55.2 Å². The molecular formula is C20H23N3O3S. The van der Waals surface area contributed by atoms with Gasteiger partial charge in [-0.25, -0.2) is 4.98 Å². The number of aromatic nitrogens is 3. The molecule has 0 aliphatic heterocycles. The smallest absolute Gasteiger partial charge is 0.306 e. The number of aryl methyl sites for hydroxylation is 2. The van der Waals surface area contributed by atoms with Gasteiger partial charge in [-0.1, -0.05) is 12.1 Å². The number of ether oxygens (including phenoxy) is 2. The quantitative estimate of drug-likeness (QED) is 0.578. The van der Waals surface area contributed by atoms with Gasteiger partial charge in [-0.05, 0) is 38.0 Å². The van der Waals surface area contributed by atoms with E-state index in [2.05, 4.69) is 10.1 Å². The maximum atomic E-state index is 12.1. The molecule has 0 bridgehead atoms. The molecule has 0 aliphatic carbocycles. The minimum atomic E-state index is -0.228. The first-order valence-electron chi connectivity index (χ1n) is 8.71. The van der Waals surface area contributed by atoms with Gasteiger partial charge in [0.25, 0.3) is 0 Å². The fourth-order valence-electron chi connectivity index (χ4n) is 2.89. The predicted octanol–water partition coefficient (Wildman–Crippen LogP) is 3.85. The molecule has 0 unspecified atom stereocenters. The van der Waals surface area contributed by atoms with Crippen molar-refractivity contribution in [3.63, 3.8) is 0 Å². The highest BCUT2D eigenvalue weighted by atomic mass is 32.1. The van der Waals surface area contributed by atoms with E-state index in [4.69, 9.17) is 9.47 Å². The van der Waals surface area contributed by atoms with Crippen LogP contribution in [0, 0.1) is 13.8 Å². The molecule has 3 rings (SSSR count). The lowest BCUT2D eigenvalue weighted by molar-refractivity contribution is -0.145. The van der Waals surface area contributed by atoms with Crippen LogP contribution in [-0.2, 0) is 29.6 Å². The lowest BCUT2D eigenvalue weighted by atomic mass is 10.1. The number of carbonyl (C=O) groups is 1. The van der Waals surface area contributed by atoms with Crippen LogP contribution in [0.15, 0.2) is 29.6 Å². The van der Waals surface area contributed by atoms with Crippen molar-refractivity contribution in [3.8, 4) is 16.3 Å². The van der Waals surface area contributed by atoms with Gasteiger partial charge in [0, 0.05) is 30.1 Å². The summed E-state index contributed by atoms with van der Waals surface area (Å²) in [5.41, 5.74) is 4.90. The van der Waals surface area contributed by atoms with Crippen LogP contribution in [0.25, 0.3) is 10.6 Å². The van der Waals surface area contributed by atoms with Gasteiger partial charge in [0.05, 0.1) is 18.5 Å². The number of esters is 1. The second-order valence-corrected chi connectivity index (χ2v) is 7.17. The third kappa shape index (κ3) is 4.54. The third-order valence-electron chi connectivity index (χ3n) is 4.49. The van der Waals surface area contributed by atoms with Crippen LogP contribution < -0.4 is 4.74 Å². The topological polar surface area (TPSA) is 66.2 Å². The molecule has 0 radical (unpaired) electrons. The van der Waals surface area contributed by atoms with Crippen molar-refractivity contribution in [2.75, 3.05) is 7.11 Å². The predicted molar refractivity (Wildman–Crippen MR) is 105 cm³/mol. The number of nitrogens with zero attached hydrogens (tertiary/aromatic N) is 3. The van der Waals surface area contributed by atoms with Gasteiger partial charge in [0.15, 0.2) is 0 Å². The van der Waals surface area contributed by atoms with Crippen molar-refractivity contribution in [2.24, 2.45) is 7.05 Å². The molecule has 0 fully saturated rings. The van der Waals surface area contributed by atoms with E-state index in [0.717, 1.165) is 39.0 Å². The van der Waals surface area contributed by atoms with E-state index >= 15 is 0 Å². The summed E-state index contributed by atoms with van der Waals surface area (Å²) in [6, 6.07) is 7.74. The Morgan fingerprint density at radius 1 is 1.30 bits per heavy atom. The third-order valence-corrected chi connectivity index (χ3v) is 5.43. The van der Waals surface area contributed by atoms with Crippen molar-refractivity contribution in [3.05, 3.63) is 52.3 Å². The number of hydrogen-bond donors (Lipinski definition) is 0. The van der Waals surface area contributed by atoms with Crippen molar-refractivity contribution in [1.82, 2.24) is 14.8 Å². The number of methoxy groups -OCH3 is 1. The summed E-state index contributed by atoms with van der Waals surface area (Å²) < 4.78 is 12.5. The lowest BCUT2D eigenvalue weighted by Gasteiger charge is -2.04. The highest BCUT2D eigenvalue weighted by molar-refractivity contribution is 7.13. The molecule has 27 heavy (non-hydrogen) atoms. The van der Waals surface area contributed by atoms with Crippen LogP contribution in [0.1, 0.15) is 29.1 Å². The second kappa shape index (κ2) is 8.35. The van der Waals surface area contributed by atoms with Gasteiger partial charge in [-0.15, -0.1) is 11.3 Å². The number of carbonyl (C=O) groups excluding carboxylic acids is 1. The van der Waals surface area contributed by atoms with Crippen molar-refractivity contribution >= 4 is 17.3 Å². The van der Waals surface area contributed by atoms with E-state index in [9.17, 15) is 4.79 Å². The number of hydrogen-bond acceptors (Lipinski definition) is 6. The van der Waals surface area contributed by atoms with Crippen LogP contribution in [0.2, 0.25) is 0 Å². The van der Waals surface area contributed by atoms with Gasteiger partial charge >= 0.3 is 5.97 Å². The normalized spacial score (nSPS) is 10.8. The SMILES string of the molecule is COc1cccc(-c2nc(COC(=O)CCc3c(C)nn(C)c3C)cs2)c1. The highest BCUT2D eigenvalue weighted by Crippen LogP contribution is 2.27. The Hall–Kier alpha value is -2.67. The molecule has 0 saturated carbocycles. The lowest BCUT2D eigenvalue weighted by Crippen LogP contribution is -2.07. The highest BCUT2D eigenvalue weighted by Gasteiger charge is 2.13. The van der Waals surface area contributed by atoms with Crippen molar-refractivity contribution in [2.45, 2.75) is 33.3 Å². The molecule has 7 heteroatoms. The largest absolute Gasteiger partial charge is 0.497 e. The fraction of sp³-hybridized carbons (Fsp3) is 0.350.